The van der Waals surface area contributed by atoms with E-state index in [-0.39, 0.29) is 28.1 Å². The van der Waals surface area contributed by atoms with Crippen LogP contribution < -0.4 is 19.3 Å². The number of hydrogen-bond donors (Lipinski definition) is 0. The molecule has 0 bridgehead atoms. The molecule has 0 heterocycles. The SMILES string of the molecule is CC(C)(C)c1ccc(Oc2ccc(C(=O)c3ccc(OC(C)(C)C(C)(C)c4ccc(-c5ccc(Oc6ccc(C(=O)c7ccc([O-])cc7)cc6)cc5)cc4)cc3)cc2)cc1. The minimum absolute atomic E-state index is 0.0707. The Balaban J connectivity index is 0.936. The lowest BCUT2D eigenvalue weighted by atomic mass is 9.71. The van der Waals surface area contributed by atoms with Gasteiger partial charge in [-0.2, -0.15) is 0 Å². The molecular weight excluding hydrogens is 745 g/mol. The van der Waals surface area contributed by atoms with Crippen LogP contribution in [0.4, 0.5) is 0 Å². The second kappa shape index (κ2) is 16.7. The van der Waals surface area contributed by atoms with Crippen LogP contribution in [0.15, 0.2) is 170 Å². The fourth-order valence-electron chi connectivity index (χ4n) is 6.82. The van der Waals surface area contributed by atoms with Gasteiger partial charge in [-0.1, -0.05) is 107 Å². The fourth-order valence-corrected chi connectivity index (χ4v) is 6.82. The zero-order valence-electron chi connectivity index (χ0n) is 35.1. The van der Waals surface area contributed by atoms with Crippen molar-refractivity contribution in [1.82, 2.24) is 0 Å². The lowest BCUT2D eigenvalue weighted by molar-refractivity contribution is -0.268. The van der Waals surface area contributed by atoms with Crippen LogP contribution in [0.2, 0.25) is 0 Å². The first-order valence-electron chi connectivity index (χ1n) is 20.1. The summed E-state index contributed by atoms with van der Waals surface area (Å²) in [5.41, 5.74) is 5.72. The number of carbonyl (C=O) groups excluding carboxylic acids is 2. The summed E-state index contributed by atoms with van der Waals surface area (Å²) in [6.07, 6.45) is 0. The molecule has 7 aromatic rings. The number of carbonyl (C=O) groups is 2. The van der Waals surface area contributed by atoms with Crippen molar-refractivity contribution in [2.45, 2.75) is 64.9 Å². The lowest BCUT2D eigenvalue weighted by Crippen LogP contribution is -2.47. The summed E-state index contributed by atoms with van der Waals surface area (Å²) in [5.74, 6) is 3.03. The van der Waals surface area contributed by atoms with Crippen LogP contribution in [0.1, 0.15) is 91.4 Å². The molecule has 7 rings (SSSR count). The minimum atomic E-state index is -0.601. The number of hydrogen-bond acceptors (Lipinski definition) is 6. The van der Waals surface area contributed by atoms with E-state index in [0.29, 0.717) is 45.3 Å². The average Bonchev–Trinajstić information content (AvgIpc) is 3.24. The van der Waals surface area contributed by atoms with Crippen molar-refractivity contribution < 1.29 is 28.9 Å². The number of ketones is 2. The first-order chi connectivity index (χ1) is 28.6. The van der Waals surface area contributed by atoms with E-state index >= 15 is 0 Å². The third-order valence-electron chi connectivity index (χ3n) is 11.3. The average molecular weight is 794 g/mol. The molecule has 0 aliphatic rings. The first kappa shape index (κ1) is 41.2. The topological polar surface area (TPSA) is 84.9 Å². The van der Waals surface area contributed by atoms with Gasteiger partial charge in [0.15, 0.2) is 11.6 Å². The Morgan fingerprint density at radius 3 is 1.07 bits per heavy atom. The third kappa shape index (κ3) is 9.35. The summed E-state index contributed by atoms with van der Waals surface area (Å²) in [7, 11) is 0. The van der Waals surface area contributed by atoms with Gasteiger partial charge in [0.25, 0.3) is 0 Å². The van der Waals surface area contributed by atoms with Crippen molar-refractivity contribution in [2.75, 3.05) is 0 Å². The molecule has 7 aromatic carbocycles. The summed E-state index contributed by atoms with van der Waals surface area (Å²) in [5, 5.41) is 11.4. The predicted octanol–water partition coefficient (Wildman–Crippen LogP) is 12.9. The highest BCUT2D eigenvalue weighted by molar-refractivity contribution is 6.09. The molecule has 0 aliphatic carbocycles. The number of ether oxygens (including phenoxy) is 3. The molecule has 60 heavy (non-hydrogen) atoms. The molecule has 0 atom stereocenters. The van der Waals surface area contributed by atoms with Crippen LogP contribution in [0, 0.1) is 0 Å². The number of benzene rings is 7. The van der Waals surface area contributed by atoms with Crippen LogP contribution >= 0.6 is 0 Å². The third-order valence-corrected chi connectivity index (χ3v) is 11.3. The van der Waals surface area contributed by atoms with Gasteiger partial charge in [-0.05, 0) is 139 Å². The molecule has 0 spiro atoms. The molecule has 0 saturated carbocycles. The first-order valence-corrected chi connectivity index (χ1v) is 20.1. The molecule has 0 aliphatic heterocycles. The van der Waals surface area contributed by atoms with E-state index in [4.69, 9.17) is 14.2 Å². The van der Waals surface area contributed by atoms with E-state index in [2.05, 4.69) is 84.9 Å². The zero-order chi connectivity index (χ0) is 42.7. The lowest BCUT2D eigenvalue weighted by Gasteiger charge is -2.42. The van der Waals surface area contributed by atoms with E-state index in [1.165, 1.54) is 17.7 Å². The van der Waals surface area contributed by atoms with Gasteiger partial charge in [-0.3, -0.25) is 9.59 Å². The van der Waals surface area contributed by atoms with Crippen LogP contribution in [0.25, 0.3) is 11.1 Å². The standard InChI is InChI=1S/C54H50O6/c1-52(2,3)42-22-34-48(35-23-42)59-47-30-16-40(17-31-47)51(57)41-18-32-49(33-19-41)60-54(6,7)53(4,5)43-20-8-36(9-21-43)37-12-26-45(27-13-37)58-46-28-14-39(15-29-46)50(56)38-10-24-44(55)25-11-38/h8-35,55H,1-7H3/p-1. The van der Waals surface area contributed by atoms with Crippen molar-refractivity contribution in [1.29, 1.82) is 0 Å². The molecule has 6 nitrogen and oxygen atoms in total. The van der Waals surface area contributed by atoms with Gasteiger partial charge in [0, 0.05) is 27.7 Å². The van der Waals surface area contributed by atoms with Crippen molar-refractivity contribution in [3.8, 4) is 45.6 Å². The predicted molar refractivity (Wildman–Crippen MR) is 237 cm³/mol. The molecule has 0 N–H and O–H groups in total. The Labute approximate surface area is 353 Å². The van der Waals surface area contributed by atoms with Crippen LogP contribution in [0.5, 0.6) is 34.5 Å². The molecule has 0 fully saturated rings. The van der Waals surface area contributed by atoms with Gasteiger partial charge < -0.3 is 19.3 Å². The summed E-state index contributed by atoms with van der Waals surface area (Å²) in [4.78, 5) is 26.1. The van der Waals surface area contributed by atoms with Crippen molar-refractivity contribution in [3.63, 3.8) is 0 Å². The van der Waals surface area contributed by atoms with E-state index in [1.807, 2.05) is 72.8 Å². The zero-order valence-corrected chi connectivity index (χ0v) is 35.1. The summed E-state index contributed by atoms with van der Waals surface area (Å²) in [6.45, 7) is 15.1. The molecule has 6 heteroatoms. The summed E-state index contributed by atoms with van der Waals surface area (Å²) < 4.78 is 18.7. The van der Waals surface area contributed by atoms with E-state index in [9.17, 15) is 14.7 Å². The van der Waals surface area contributed by atoms with E-state index in [0.717, 1.165) is 22.4 Å². The highest BCUT2D eigenvalue weighted by Gasteiger charge is 2.40. The maximum atomic E-state index is 13.4. The van der Waals surface area contributed by atoms with E-state index in [1.54, 1.807) is 48.5 Å². The molecule has 0 saturated heterocycles. The second-order valence-corrected chi connectivity index (χ2v) is 17.1. The number of rotatable bonds is 13. The second-order valence-electron chi connectivity index (χ2n) is 17.1. The summed E-state index contributed by atoms with van der Waals surface area (Å²) >= 11 is 0. The van der Waals surface area contributed by atoms with Gasteiger partial charge in [-0.25, -0.2) is 0 Å². The Hall–Kier alpha value is -6.92. The molecule has 0 unspecified atom stereocenters. The van der Waals surface area contributed by atoms with Crippen LogP contribution in [-0.2, 0) is 10.8 Å². The van der Waals surface area contributed by atoms with Crippen molar-refractivity contribution >= 4 is 11.6 Å². The molecule has 0 aromatic heterocycles. The minimum Gasteiger partial charge on any atom is -0.872 e. The smallest absolute Gasteiger partial charge is 0.193 e. The molecular formula is C54H49O6-. The van der Waals surface area contributed by atoms with Gasteiger partial charge in [0.2, 0.25) is 0 Å². The van der Waals surface area contributed by atoms with Gasteiger partial charge in [0.05, 0.1) is 0 Å². The molecule has 0 radical (unpaired) electrons. The maximum absolute atomic E-state index is 13.4. The Morgan fingerprint density at radius 2 is 0.683 bits per heavy atom. The molecule has 0 amide bonds. The Bertz CT molecular complexity index is 2560. The van der Waals surface area contributed by atoms with Crippen molar-refractivity contribution in [3.05, 3.63) is 203 Å². The quantitative estimate of drug-likeness (QED) is 0.108. The van der Waals surface area contributed by atoms with Gasteiger partial charge in [-0.15, -0.1) is 5.75 Å². The Kier molecular flexibility index (Phi) is 11.5. The Morgan fingerprint density at radius 1 is 0.383 bits per heavy atom. The van der Waals surface area contributed by atoms with Crippen LogP contribution in [0.3, 0.4) is 0 Å². The highest BCUT2D eigenvalue weighted by Crippen LogP contribution is 2.39. The molecule has 302 valence electrons. The normalized spacial score (nSPS) is 11.8. The largest absolute Gasteiger partial charge is 0.872 e. The van der Waals surface area contributed by atoms with Gasteiger partial charge in [0.1, 0.15) is 34.3 Å². The van der Waals surface area contributed by atoms with Crippen LogP contribution in [-0.4, -0.2) is 17.2 Å². The van der Waals surface area contributed by atoms with Gasteiger partial charge >= 0.3 is 0 Å². The highest BCUT2D eigenvalue weighted by atomic mass is 16.5. The fraction of sp³-hybridized carbons (Fsp3) is 0.185. The maximum Gasteiger partial charge on any atom is 0.193 e. The summed E-state index contributed by atoms with van der Waals surface area (Å²) in [6, 6.07) is 51.9. The van der Waals surface area contributed by atoms with Crippen molar-refractivity contribution in [2.24, 2.45) is 0 Å². The van der Waals surface area contributed by atoms with E-state index < -0.39 is 5.60 Å². The monoisotopic (exact) mass is 793 g/mol.